The van der Waals surface area contributed by atoms with Crippen molar-refractivity contribution in [3.05, 3.63) is 28.8 Å². The van der Waals surface area contributed by atoms with Crippen LogP contribution in [-0.2, 0) is 0 Å². The molecule has 0 spiro atoms. The molecule has 2 rings (SSSR count). The first-order valence-electron chi connectivity index (χ1n) is 6.91. The number of nitrogens with two attached hydrogens (primary N) is 1. The first-order valence-corrected chi connectivity index (χ1v) is 7.29. The number of nitrogens with zero attached hydrogens (tertiary/aromatic N) is 1. The molecule has 21 heavy (non-hydrogen) atoms. The van der Waals surface area contributed by atoms with Crippen molar-refractivity contribution in [1.29, 1.82) is 0 Å². The zero-order valence-corrected chi connectivity index (χ0v) is 13.9. The molecule has 1 amide bonds. The Kier molecular flexibility index (Phi) is 6.78. The number of piperidine rings is 1. The molecule has 0 bridgehead atoms. The highest BCUT2D eigenvalue weighted by molar-refractivity contribution is 6.31. The molecule has 1 aliphatic heterocycles. The van der Waals surface area contributed by atoms with E-state index < -0.39 is 0 Å². The van der Waals surface area contributed by atoms with Gasteiger partial charge in [-0.1, -0.05) is 11.6 Å². The Hall–Kier alpha value is -0.970. The van der Waals surface area contributed by atoms with Crippen LogP contribution in [0.4, 0.5) is 0 Å². The molecular weight excluding hydrogens is 311 g/mol. The number of hydrogen-bond donors (Lipinski definition) is 1. The van der Waals surface area contributed by atoms with Crippen molar-refractivity contribution >= 4 is 29.9 Å². The van der Waals surface area contributed by atoms with E-state index in [1.807, 2.05) is 11.8 Å². The van der Waals surface area contributed by atoms with Crippen LogP contribution in [0.1, 0.15) is 30.1 Å². The lowest BCUT2D eigenvalue weighted by molar-refractivity contribution is 0.0677. The standard InChI is InChI=1S/C15H21ClN2O2.ClH/c1-10(17)11-5-7-18(8-6-11)15(19)13-9-12(16)3-4-14(13)20-2;/h3-4,9-11H,5-8,17H2,1-2H3;1H. The molecule has 0 aromatic heterocycles. The summed E-state index contributed by atoms with van der Waals surface area (Å²) in [6.07, 6.45) is 1.90. The zero-order chi connectivity index (χ0) is 14.7. The second kappa shape index (κ2) is 7.87. The van der Waals surface area contributed by atoms with Crippen LogP contribution in [0.15, 0.2) is 18.2 Å². The van der Waals surface area contributed by atoms with E-state index in [0.29, 0.717) is 22.3 Å². The second-order valence-corrected chi connectivity index (χ2v) is 5.77. The van der Waals surface area contributed by atoms with Crippen LogP contribution < -0.4 is 10.5 Å². The normalized spacial score (nSPS) is 17.0. The summed E-state index contributed by atoms with van der Waals surface area (Å²) in [6, 6.07) is 5.30. The van der Waals surface area contributed by atoms with E-state index in [-0.39, 0.29) is 24.4 Å². The number of carbonyl (C=O) groups is 1. The lowest BCUT2D eigenvalue weighted by Gasteiger charge is -2.34. The van der Waals surface area contributed by atoms with Gasteiger partial charge >= 0.3 is 0 Å². The van der Waals surface area contributed by atoms with E-state index in [4.69, 9.17) is 22.1 Å². The van der Waals surface area contributed by atoms with Gasteiger partial charge in [0.1, 0.15) is 5.75 Å². The van der Waals surface area contributed by atoms with Gasteiger partial charge in [-0.2, -0.15) is 0 Å². The third kappa shape index (κ3) is 4.25. The average Bonchev–Trinajstić information content (AvgIpc) is 2.46. The molecular formula is C15H22Cl2N2O2. The highest BCUT2D eigenvalue weighted by atomic mass is 35.5. The Bertz CT molecular complexity index is 487. The molecule has 4 nitrogen and oxygen atoms in total. The predicted molar refractivity (Wildman–Crippen MR) is 87.5 cm³/mol. The summed E-state index contributed by atoms with van der Waals surface area (Å²) in [7, 11) is 1.56. The quantitative estimate of drug-likeness (QED) is 0.925. The summed E-state index contributed by atoms with van der Waals surface area (Å²) in [4.78, 5) is 14.4. The summed E-state index contributed by atoms with van der Waals surface area (Å²) in [5, 5.41) is 0.541. The third-order valence-electron chi connectivity index (χ3n) is 3.96. The maximum atomic E-state index is 12.6. The lowest BCUT2D eigenvalue weighted by Crippen LogP contribution is -2.42. The summed E-state index contributed by atoms with van der Waals surface area (Å²) < 4.78 is 5.25. The van der Waals surface area contributed by atoms with Gasteiger partial charge in [-0.15, -0.1) is 12.4 Å². The Labute approximate surface area is 137 Å². The van der Waals surface area contributed by atoms with Crippen molar-refractivity contribution in [2.24, 2.45) is 11.7 Å². The van der Waals surface area contributed by atoms with Crippen LogP contribution in [0, 0.1) is 5.92 Å². The van der Waals surface area contributed by atoms with Gasteiger partial charge in [0.15, 0.2) is 0 Å². The van der Waals surface area contributed by atoms with Crippen molar-refractivity contribution in [2.45, 2.75) is 25.8 Å². The Morgan fingerprint density at radius 3 is 2.57 bits per heavy atom. The highest BCUT2D eigenvalue weighted by Crippen LogP contribution is 2.26. The molecule has 1 aromatic carbocycles. The summed E-state index contributed by atoms with van der Waals surface area (Å²) in [5.41, 5.74) is 6.45. The number of halogens is 2. The molecule has 1 heterocycles. The number of hydrogen-bond acceptors (Lipinski definition) is 3. The summed E-state index contributed by atoms with van der Waals surface area (Å²) >= 11 is 5.98. The Balaban J connectivity index is 0.00000220. The maximum absolute atomic E-state index is 12.6. The molecule has 1 aliphatic rings. The molecule has 1 fully saturated rings. The number of rotatable bonds is 3. The van der Waals surface area contributed by atoms with E-state index in [1.54, 1.807) is 25.3 Å². The zero-order valence-electron chi connectivity index (χ0n) is 12.3. The molecule has 2 N–H and O–H groups in total. The van der Waals surface area contributed by atoms with Gasteiger partial charge in [0.25, 0.3) is 5.91 Å². The van der Waals surface area contributed by atoms with Crippen LogP contribution in [-0.4, -0.2) is 37.0 Å². The van der Waals surface area contributed by atoms with Gasteiger partial charge < -0.3 is 15.4 Å². The first kappa shape index (κ1) is 18.1. The smallest absolute Gasteiger partial charge is 0.257 e. The number of benzene rings is 1. The fourth-order valence-corrected chi connectivity index (χ4v) is 2.82. The lowest BCUT2D eigenvalue weighted by atomic mass is 9.90. The molecule has 1 aromatic rings. The second-order valence-electron chi connectivity index (χ2n) is 5.33. The van der Waals surface area contributed by atoms with E-state index in [0.717, 1.165) is 25.9 Å². The largest absolute Gasteiger partial charge is 0.496 e. The van der Waals surface area contributed by atoms with E-state index in [9.17, 15) is 4.79 Å². The molecule has 1 saturated heterocycles. The predicted octanol–water partition coefficient (Wildman–Crippen LogP) is 2.97. The minimum atomic E-state index is -0.0209. The molecule has 1 unspecified atom stereocenters. The van der Waals surface area contributed by atoms with Crippen molar-refractivity contribution in [2.75, 3.05) is 20.2 Å². The third-order valence-corrected chi connectivity index (χ3v) is 4.20. The number of carbonyl (C=O) groups excluding carboxylic acids is 1. The summed E-state index contributed by atoms with van der Waals surface area (Å²) in [5.74, 6) is 1.04. The van der Waals surface area contributed by atoms with E-state index in [2.05, 4.69) is 0 Å². The molecule has 0 saturated carbocycles. The molecule has 0 radical (unpaired) electrons. The van der Waals surface area contributed by atoms with Crippen molar-refractivity contribution in [3.8, 4) is 5.75 Å². The van der Waals surface area contributed by atoms with Crippen molar-refractivity contribution in [1.82, 2.24) is 4.90 Å². The maximum Gasteiger partial charge on any atom is 0.257 e. The van der Waals surface area contributed by atoms with Crippen LogP contribution in [0.5, 0.6) is 5.75 Å². The number of methoxy groups -OCH3 is 1. The molecule has 0 aliphatic carbocycles. The topological polar surface area (TPSA) is 55.6 Å². The SMILES string of the molecule is COc1ccc(Cl)cc1C(=O)N1CCC(C(C)N)CC1.Cl. The molecule has 6 heteroatoms. The van der Waals surface area contributed by atoms with Gasteiger partial charge in [-0.3, -0.25) is 4.79 Å². The Morgan fingerprint density at radius 2 is 2.05 bits per heavy atom. The van der Waals surface area contributed by atoms with E-state index >= 15 is 0 Å². The van der Waals surface area contributed by atoms with Gasteiger partial charge in [-0.25, -0.2) is 0 Å². The number of amides is 1. The van der Waals surface area contributed by atoms with Crippen molar-refractivity contribution < 1.29 is 9.53 Å². The minimum absolute atomic E-state index is 0. The highest BCUT2D eigenvalue weighted by Gasteiger charge is 2.27. The molecule has 1 atom stereocenters. The fourth-order valence-electron chi connectivity index (χ4n) is 2.65. The number of likely N-dealkylation sites (tertiary alicyclic amines) is 1. The van der Waals surface area contributed by atoms with Gasteiger partial charge in [0, 0.05) is 24.2 Å². The van der Waals surface area contributed by atoms with Crippen molar-refractivity contribution in [3.63, 3.8) is 0 Å². The van der Waals surface area contributed by atoms with E-state index in [1.165, 1.54) is 0 Å². The van der Waals surface area contributed by atoms with Crippen LogP contribution >= 0.6 is 24.0 Å². The fraction of sp³-hybridized carbons (Fsp3) is 0.533. The minimum Gasteiger partial charge on any atom is -0.496 e. The number of ether oxygens (including phenoxy) is 1. The van der Waals surface area contributed by atoms with Crippen LogP contribution in [0.3, 0.4) is 0 Å². The monoisotopic (exact) mass is 332 g/mol. The van der Waals surface area contributed by atoms with Crippen LogP contribution in [0.2, 0.25) is 5.02 Å². The van der Waals surface area contributed by atoms with Gasteiger partial charge in [-0.05, 0) is 43.9 Å². The van der Waals surface area contributed by atoms with Crippen LogP contribution in [0.25, 0.3) is 0 Å². The first-order chi connectivity index (χ1) is 9.52. The summed E-state index contributed by atoms with van der Waals surface area (Å²) in [6.45, 7) is 3.50. The molecule has 118 valence electrons. The van der Waals surface area contributed by atoms with Gasteiger partial charge in [0.05, 0.1) is 12.7 Å². The van der Waals surface area contributed by atoms with Gasteiger partial charge in [0.2, 0.25) is 0 Å². The average molecular weight is 333 g/mol. The Morgan fingerprint density at radius 1 is 1.43 bits per heavy atom.